The van der Waals surface area contributed by atoms with Gasteiger partial charge in [-0.1, -0.05) is 11.8 Å². The van der Waals surface area contributed by atoms with Crippen LogP contribution in [0.5, 0.6) is 0 Å². The largest absolute Gasteiger partial charge is 0.396 e. The Labute approximate surface area is 214 Å². The first-order chi connectivity index (χ1) is 17.6. The topological polar surface area (TPSA) is 127 Å². The Balaban J connectivity index is 1.30. The van der Waals surface area contributed by atoms with E-state index < -0.39 is 11.6 Å². The standard InChI is InChI=1S/C25H32FN9O2/c1-5-21(36)33-13-25(26,14-33)24(37)32-8-6-18(7-9-32)35-16(4)22(30-31-35)17-10-20(29-15(2)3)23-19(27)11-28-34(23)12-17/h5,10-12,15,18,29H,1,6-9,13-14,27H2,2-4H3. The number of nitrogens with two attached hydrogens (primary N) is 1. The summed E-state index contributed by atoms with van der Waals surface area (Å²) >= 11 is 0. The molecule has 2 aliphatic heterocycles. The molecule has 0 unspecified atom stereocenters. The van der Waals surface area contributed by atoms with Crippen molar-refractivity contribution in [2.24, 2.45) is 0 Å². The van der Waals surface area contributed by atoms with Gasteiger partial charge >= 0.3 is 0 Å². The number of nitrogens with one attached hydrogen (secondary N) is 1. The summed E-state index contributed by atoms with van der Waals surface area (Å²) < 4.78 is 18.7. The van der Waals surface area contributed by atoms with Crippen molar-refractivity contribution in [3.8, 4) is 11.3 Å². The lowest BCUT2D eigenvalue weighted by atomic mass is 9.92. The molecule has 11 nitrogen and oxygen atoms in total. The number of amides is 2. The van der Waals surface area contributed by atoms with Gasteiger partial charge in [-0.05, 0) is 45.8 Å². The van der Waals surface area contributed by atoms with Gasteiger partial charge in [-0.3, -0.25) is 9.59 Å². The number of rotatable bonds is 6. The van der Waals surface area contributed by atoms with Crippen LogP contribution in [0.15, 0.2) is 31.1 Å². The number of aromatic nitrogens is 5. The molecule has 0 radical (unpaired) electrons. The molecular weight excluding hydrogens is 477 g/mol. The molecule has 2 amide bonds. The fourth-order valence-electron chi connectivity index (χ4n) is 5.23. The zero-order valence-electron chi connectivity index (χ0n) is 21.3. The van der Waals surface area contributed by atoms with Crippen molar-refractivity contribution in [1.82, 2.24) is 34.4 Å². The number of carbonyl (C=O) groups is 2. The number of alkyl halides is 1. The second kappa shape index (κ2) is 9.16. The number of nitrogen functional groups attached to an aromatic ring is 1. The summed E-state index contributed by atoms with van der Waals surface area (Å²) in [5.74, 6) is -0.911. The number of likely N-dealkylation sites (tertiary alicyclic amines) is 2. The van der Waals surface area contributed by atoms with Crippen molar-refractivity contribution in [2.75, 3.05) is 37.2 Å². The number of nitrogens with zero attached hydrogens (tertiary/aromatic N) is 7. The Morgan fingerprint density at radius 2 is 1.97 bits per heavy atom. The summed E-state index contributed by atoms with van der Waals surface area (Å²) in [4.78, 5) is 27.3. The average Bonchev–Trinajstić information content (AvgIpc) is 3.43. The third-order valence-corrected chi connectivity index (χ3v) is 7.14. The lowest BCUT2D eigenvalue weighted by Crippen LogP contribution is -2.68. The Morgan fingerprint density at radius 3 is 2.62 bits per heavy atom. The number of anilines is 2. The molecule has 5 heterocycles. The number of carbonyl (C=O) groups excluding carboxylic acids is 2. The van der Waals surface area contributed by atoms with Crippen LogP contribution in [0.4, 0.5) is 15.8 Å². The molecular formula is C25H32FN9O2. The van der Waals surface area contributed by atoms with Gasteiger partial charge in [0.1, 0.15) is 11.2 Å². The number of hydrogen-bond donors (Lipinski definition) is 2. The highest BCUT2D eigenvalue weighted by atomic mass is 19.1. The molecule has 12 heteroatoms. The van der Waals surface area contributed by atoms with Crippen LogP contribution in [0, 0.1) is 6.92 Å². The molecule has 196 valence electrons. The maximum absolute atomic E-state index is 15.1. The van der Waals surface area contributed by atoms with Gasteiger partial charge < -0.3 is 20.9 Å². The Hall–Kier alpha value is -3.96. The van der Waals surface area contributed by atoms with Crippen molar-refractivity contribution in [3.05, 3.63) is 36.8 Å². The van der Waals surface area contributed by atoms with E-state index in [9.17, 15) is 9.59 Å². The van der Waals surface area contributed by atoms with Gasteiger partial charge in [0.2, 0.25) is 11.6 Å². The van der Waals surface area contributed by atoms with E-state index in [0.29, 0.717) is 31.6 Å². The number of pyridine rings is 1. The zero-order chi connectivity index (χ0) is 26.5. The molecule has 3 aromatic heterocycles. The number of piperidine rings is 1. The van der Waals surface area contributed by atoms with Crippen LogP contribution >= 0.6 is 0 Å². The third kappa shape index (κ3) is 4.30. The van der Waals surface area contributed by atoms with Gasteiger partial charge in [-0.15, -0.1) is 5.10 Å². The fraction of sp³-hybridized carbons (Fsp3) is 0.480. The van der Waals surface area contributed by atoms with Crippen LogP contribution in [0.3, 0.4) is 0 Å². The summed E-state index contributed by atoms with van der Waals surface area (Å²) in [6, 6.07) is 2.25. The SMILES string of the molecule is C=CC(=O)N1CC(F)(C(=O)N2CCC(n3nnc(-c4cc(NC(C)C)c5c(N)cnn5c4)c3C)CC2)C1. The number of hydrogen-bond acceptors (Lipinski definition) is 7. The van der Waals surface area contributed by atoms with E-state index >= 15 is 4.39 Å². The molecule has 2 fully saturated rings. The first-order valence-corrected chi connectivity index (χ1v) is 12.5. The summed E-state index contributed by atoms with van der Waals surface area (Å²) in [6.07, 6.45) is 5.92. The van der Waals surface area contributed by atoms with E-state index in [2.05, 4.69) is 41.2 Å². The minimum Gasteiger partial charge on any atom is -0.396 e. The summed E-state index contributed by atoms with van der Waals surface area (Å²) in [6.45, 7) is 9.88. The molecule has 0 spiro atoms. The third-order valence-electron chi connectivity index (χ3n) is 7.14. The van der Waals surface area contributed by atoms with E-state index in [0.717, 1.165) is 34.2 Å². The zero-order valence-corrected chi connectivity index (χ0v) is 21.3. The van der Waals surface area contributed by atoms with Crippen LogP contribution in [0.2, 0.25) is 0 Å². The molecule has 5 rings (SSSR count). The van der Waals surface area contributed by atoms with Crippen LogP contribution in [-0.2, 0) is 9.59 Å². The molecule has 0 aliphatic carbocycles. The number of halogens is 1. The molecule has 2 saturated heterocycles. The molecule has 3 N–H and O–H groups in total. The fourth-order valence-corrected chi connectivity index (χ4v) is 5.23. The lowest BCUT2D eigenvalue weighted by Gasteiger charge is -2.45. The van der Waals surface area contributed by atoms with E-state index in [1.807, 2.05) is 23.9 Å². The minimum atomic E-state index is -2.02. The first-order valence-electron chi connectivity index (χ1n) is 12.5. The summed E-state index contributed by atoms with van der Waals surface area (Å²) in [5.41, 5.74) is 8.90. The highest BCUT2D eigenvalue weighted by Gasteiger charge is 2.53. The Bertz CT molecular complexity index is 1360. The van der Waals surface area contributed by atoms with E-state index in [1.165, 1.54) is 4.90 Å². The normalized spacial score (nSPS) is 17.8. The molecule has 0 saturated carbocycles. The van der Waals surface area contributed by atoms with Crippen LogP contribution in [0.25, 0.3) is 16.8 Å². The van der Waals surface area contributed by atoms with Gasteiger partial charge in [0.15, 0.2) is 0 Å². The highest BCUT2D eigenvalue weighted by Crippen LogP contribution is 2.34. The van der Waals surface area contributed by atoms with Crippen molar-refractivity contribution < 1.29 is 14.0 Å². The molecule has 0 bridgehead atoms. The molecule has 0 atom stereocenters. The van der Waals surface area contributed by atoms with Crippen molar-refractivity contribution >= 4 is 28.7 Å². The van der Waals surface area contributed by atoms with Crippen molar-refractivity contribution in [2.45, 2.75) is 51.4 Å². The van der Waals surface area contributed by atoms with Gasteiger partial charge in [0.05, 0.1) is 42.4 Å². The molecule has 0 aromatic carbocycles. The van der Waals surface area contributed by atoms with Gasteiger partial charge in [0, 0.05) is 30.9 Å². The summed E-state index contributed by atoms with van der Waals surface area (Å²) in [7, 11) is 0. The maximum atomic E-state index is 15.1. The van der Waals surface area contributed by atoms with Crippen LogP contribution in [0.1, 0.15) is 38.4 Å². The van der Waals surface area contributed by atoms with Gasteiger partial charge in [0.25, 0.3) is 5.91 Å². The van der Waals surface area contributed by atoms with E-state index in [-0.39, 0.29) is 31.1 Å². The maximum Gasteiger partial charge on any atom is 0.264 e. The van der Waals surface area contributed by atoms with Crippen LogP contribution in [-0.4, -0.2) is 84.1 Å². The predicted octanol–water partition coefficient (Wildman–Crippen LogP) is 2.20. The molecule has 3 aromatic rings. The second-order valence-electron chi connectivity index (χ2n) is 10.2. The lowest BCUT2D eigenvalue weighted by molar-refractivity contribution is -0.162. The predicted molar refractivity (Wildman–Crippen MR) is 138 cm³/mol. The van der Waals surface area contributed by atoms with E-state index in [1.54, 1.807) is 15.6 Å². The van der Waals surface area contributed by atoms with Gasteiger partial charge in [-0.2, -0.15) is 5.10 Å². The van der Waals surface area contributed by atoms with Crippen molar-refractivity contribution in [3.63, 3.8) is 0 Å². The highest BCUT2D eigenvalue weighted by molar-refractivity contribution is 5.93. The quantitative estimate of drug-likeness (QED) is 0.488. The van der Waals surface area contributed by atoms with E-state index in [4.69, 9.17) is 5.73 Å². The smallest absolute Gasteiger partial charge is 0.264 e. The minimum absolute atomic E-state index is 0.0402. The van der Waals surface area contributed by atoms with Gasteiger partial charge in [-0.25, -0.2) is 13.6 Å². The second-order valence-corrected chi connectivity index (χ2v) is 10.2. The Morgan fingerprint density at radius 1 is 1.27 bits per heavy atom. The Kier molecular flexibility index (Phi) is 6.12. The van der Waals surface area contributed by atoms with Crippen LogP contribution < -0.4 is 11.1 Å². The average molecular weight is 510 g/mol. The van der Waals surface area contributed by atoms with Crippen molar-refractivity contribution in [1.29, 1.82) is 0 Å². The molecule has 2 aliphatic rings. The molecule has 37 heavy (non-hydrogen) atoms. The first kappa shape index (κ1) is 24.7. The monoisotopic (exact) mass is 509 g/mol. The summed E-state index contributed by atoms with van der Waals surface area (Å²) in [5, 5.41) is 16.7. The number of fused-ring (bicyclic) bond motifs is 1.